The van der Waals surface area contributed by atoms with Crippen LogP contribution in [0.15, 0.2) is 29.6 Å². The van der Waals surface area contributed by atoms with Gasteiger partial charge in [-0.3, -0.25) is 0 Å². The van der Waals surface area contributed by atoms with Crippen molar-refractivity contribution in [1.82, 2.24) is 0 Å². The zero-order valence-electron chi connectivity index (χ0n) is 9.48. The minimum absolute atomic E-state index is 0.163. The van der Waals surface area contributed by atoms with Gasteiger partial charge in [0.2, 0.25) is 0 Å². The molecule has 3 heteroatoms. The molecule has 0 bridgehead atoms. The smallest absolute Gasteiger partial charge is 0.106 e. The van der Waals surface area contributed by atoms with E-state index in [1.165, 1.54) is 22.1 Å². The van der Waals surface area contributed by atoms with Gasteiger partial charge in [-0.05, 0) is 41.0 Å². The summed E-state index contributed by atoms with van der Waals surface area (Å²) in [6.45, 7) is 0. The van der Waals surface area contributed by atoms with E-state index >= 15 is 0 Å². The van der Waals surface area contributed by atoms with Gasteiger partial charge in [-0.2, -0.15) is 5.26 Å². The molecule has 0 amide bonds. The van der Waals surface area contributed by atoms with E-state index in [0.29, 0.717) is 0 Å². The lowest BCUT2D eigenvalue weighted by molar-refractivity contribution is 0.675. The zero-order chi connectivity index (χ0) is 11.7. The normalized spacial score (nSPS) is 23.9. The number of hydrogen-bond donors (Lipinski definition) is 0. The molecule has 17 heavy (non-hydrogen) atoms. The quantitative estimate of drug-likeness (QED) is 0.805. The van der Waals surface area contributed by atoms with Crippen molar-refractivity contribution < 1.29 is 0 Å². The van der Waals surface area contributed by atoms with Gasteiger partial charge in [0.25, 0.3) is 0 Å². The molecule has 2 heterocycles. The molecule has 1 saturated heterocycles. The Kier molecular flexibility index (Phi) is 2.85. The molecule has 2 aromatic rings. The molecule has 1 aliphatic heterocycles. The highest BCUT2D eigenvalue weighted by atomic mass is 32.2. The van der Waals surface area contributed by atoms with Crippen molar-refractivity contribution in [2.45, 2.75) is 24.0 Å². The van der Waals surface area contributed by atoms with E-state index in [0.717, 1.165) is 18.6 Å². The Balaban J connectivity index is 1.97. The third-order valence-corrected chi connectivity index (χ3v) is 5.84. The highest BCUT2D eigenvalue weighted by molar-refractivity contribution is 8.01. The summed E-state index contributed by atoms with van der Waals surface area (Å²) in [4.78, 5) is 0. The lowest BCUT2D eigenvalue weighted by Gasteiger charge is -2.18. The summed E-state index contributed by atoms with van der Waals surface area (Å²) in [5.74, 6) is 1.13. The standard InChI is InChI=1S/C14H13NS2/c15-10-14(6-3-7-17-14)8-11-9-16-13-5-2-1-4-12(11)13/h1-2,4-5,9H,3,6-8H2. The predicted octanol–water partition coefficient (Wildman–Crippen LogP) is 4.23. The number of fused-ring (bicyclic) bond motifs is 1. The van der Waals surface area contributed by atoms with Gasteiger partial charge >= 0.3 is 0 Å². The Hall–Kier alpha value is -0.980. The number of nitriles is 1. The molecule has 1 aromatic carbocycles. The molecule has 1 fully saturated rings. The molecule has 1 atom stereocenters. The molecule has 0 saturated carbocycles. The fourth-order valence-corrected chi connectivity index (χ4v) is 4.69. The van der Waals surface area contributed by atoms with Crippen molar-refractivity contribution in [1.29, 1.82) is 5.26 Å². The van der Waals surface area contributed by atoms with E-state index in [2.05, 4.69) is 35.7 Å². The van der Waals surface area contributed by atoms with Crippen LogP contribution >= 0.6 is 23.1 Å². The van der Waals surface area contributed by atoms with Gasteiger partial charge in [-0.15, -0.1) is 23.1 Å². The summed E-state index contributed by atoms with van der Waals surface area (Å²) >= 11 is 3.63. The summed E-state index contributed by atoms with van der Waals surface area (Å²) in [5.41, 5.74) is 1.35. The van der Waals surface area contributed by atoms with Gasteiger partial charge in [0.15, 0.2) is 0 Å². The van der Waals surface area contributed by atoms with Crippen molar-refractivity contribution in [3.05, 3.63) is 35.2 Å². The minimum Gasteiger partial charge on any atom is -0.197 e. The van der Waals surface area contributed by atoms with Gasteiger partial charge in [0, 0.05) is 11.1 Å². The predicted molar refractivity (Wildman–Crippen MR) is 75.6 cm³/mol. The van der Waals surface area contributed by atoms with Crippen LogP contribution in [0.3, 0.4) is 0 Å². The van der Waals surface area contributed by atoms with E-state index in [-0.39, 0.29) is 4.75 Å². The fraction of sp³-hybridized carbons (Fsp3) is 0.357. The van der Waals surface area contributed by atoms with E-state index in [4.69, 9.17) is 0 Å². The van der Waals surface area contributed by atoms with E-state index in [1.54, 1.807) is 11.3 Å². The first-order valence-electron chi connectivity index (χ1n) is 5.83. The van der Waals surface area contributed by atoms with Gasteiger partial charge in [0.05, 0.1) is 6.07 Å². The Morgan fingerprint density at radius 3 is 3.00 bits per heavy atom. The number of nitrogens with zero attached hydrogens (tertiary/aromatic N) is 1. The molecular weight excluding hydrogens is 246 g/mol. The Morgan fingerprint density at radius 2 is 2.24 bits per heavy atom. The summed E-state index contributed by atoms with van der Waals surface area (Å²) in [5, 5.41) is 13.0. The molecule has 3 rings (SSSR count). The Morgan fingerprint density at radius 1 is 1.35 bits per heavy atom. The van der Waals surface area contributed by atoms with Crippen LogP contribution in [0.1, 0.15) is 18.4 Å². The molecule has 0 aliphatic carbocycles. The molecule has 0 N–H and O–H groups in total. The fourth-order valence-electron chi connectivity index (χ4n) is 2.44. The van der Waals surface area contributed by atoms with Gasteiger partial charge in [-0.25, -0.2) is 0 Å². The second kappa shape index (κ2) is 4.36. The maximum atomic E-state index is 9.42. The number of benzene rings is 1. The van der Waals surface area contributed by atoms with Crippen LogP contribution in [0, 0.1) is 11.3 Å². The monoisotopic (exact) mass is 259 g/mol. The SMILES string of the molecule is N#CC1(Cc2csc3ccccc23)CCCS1. The number of rotatable bonds is 2. The molecular formula is C14H13NS2. The van der Waals surface area contributed by atoms with Crippen LogP contribution in [0.4, 0.5) is 0 Å². The molecule has 0 spiro atoms. The number of thioether (sulfide) groups is 1. The minimum atomic E-state index is -0.163. The summed E-state index contributed by atoms with van der Waals surface area (Å²) in [6, 6.07) is 11.0. The molecule has 1 unspecified atom stereocenters. The first-order valence-corrected chi connectivity index (χ1v) is 7.70. The van der Waals surface area contributed by atoms with Crippen molar-refractivity contribution in [3.63, 3.8) is 0 Å². The Labute approximate surface area is 109 Å². The summed E-state index contributed by atoms with van der Waals surface area (Å²) < 4.78 is 1.17. The van der Waals surface area contributed by atoms with Gasteiger partial charge < -0.3 is 0 Å². The van der Waals surface area contributed by atoms with E-state index < -0.39 is 0 Å². The second-order valence-corrected chi connectivity index (χ2v) is 6.88. The van der Waals surface area contributed by atoms with Gasteiger partial charge in [0.1, 0.15) is 4.75 Å². The zero-order valence-corrected chi connectivity index (χ0v) is 11.1. The van der Waals surface area contributed by atoms with Crippen LogP contribution in [-0.2, 0) is 6.42 Å². The maximum Gasteiger partial charge on any atom is 0.106 e. The van der Waals surface area contributed by atoms with Crippen LogP contribution in [0.25, 0.3) is 10.1 Å². The molecule has 1 nitrogen and oxygen atoms in total. The second-order valence-electron chi connectivity index (χ2n) is 4.49. The molecule has 0 radical (unpaired) electrons. The largest absolute Gasteiger partial charge is 0.197 e. The van der Waals surface area contributed by atoms with Gasteiger partial charge in [-0.1, -0.05) is 18.2 Å². The Bertz CT molecular complexity index is 573. The van der Waals surface area contributed by atoms with Crippen LogP contribution in [0.2, 0.25) is 0 Å². The highest BCUT2D eigenvalue weighted by Gasteiger charge is 2.35. The average molecular weight is 259 g/mol. The summed E-state index contributed by atoms with van der Waals surface area (Å²) in [7, 11) is 0. The van der Waals surface area contributed by atoms with Crippen molar-refractivity contribution in [3.8, 4) is 6.07 Å². The van der Waals surface area contributed by atoms with Crippen molar-refractivity contribution in [2.24, 2.45) is 0 Å². The number of thiophene rings is 1. The third-order valence-electron chi connectivity index (χ3n) is 3.34. The lowest BCUT2D eigenvalue weighted by atomic mass is 9.95. The first-order chi connectivity index (χ1) is 8.33. The maximum absolute atomic E-state index is 9.42. The number of hydrogen-bond acceptors (Lipinski definition) is 3. The van der Waals surface area contributed by atoms with Crippen LogP contribution in [0.5, 0.6) is 0 Å². The summed E-state index contributed by atoms with van der Waals surface area (Å²) in [6.07, 6.45) is 3.12. The highest BCUT2D eigenvalue weighted by Crippen LogP contribution is 2.42. The third kappa shape index (κ3) is 1.96. The van der Waals surface area contributed by atoms with E-state index in [1.807, 2.05) is 11.8 Å². The molecule has 1 aromatic heterocycles. The lowest BCUT2D eigenvalue weighted by Crippen LogP contribution is -2.21. The topological polar surface area (TPSA) is 23.8 Å². The van der Waals surface area contributed by atoms with Crippen molar-refractivity contribution in [2.75, 3.05) is 5.75 Å². The van der Waals surface area contributed by atoms with Crippen LogP contribution < -0.4 is 0 Å². The van der Waals surface area contributed by atoms with Crippen molar-refractivity contribution >= 4 is 33.2 Å². The molecule has 86 valence electrons. The average Bonchev–Trinajstić information content (AvgIpc) is 2.99. The first kappa shape index (κ1) is 11.1. The van der Waals surface area contributed by atoms with E-state index in [9.17, 15) is 5.26 Å². The van der Waals surface area contributed by atoms with Crippen LogP contribution in [-0.4, -0.2) is 10.5 Å². The molecule has 1 aliphatic rings.